The lowest BCUT2D eigenvalue weighted by Gasteiger charge is -2.11. The number of pyridine rings is 1. The van der Waals surface area contributed by atoms with E-state index in [9.17, 15) is 0 Å². The van der Waals surface area contributed by atoms with Crippen molar-refractivity contribution < 1.29 is 0 Å². The summed E-state index contributed by atoms with van der Waals surface area (Å²) in [7, 11) is 0. The van der Waals surface area contributed by atoms with Crippen LogP contribution in [0.15, 0.2) is 84.8 Å². The Kier molecular flexibility index (Phi) is 4.31. The Morgan fingerprint density at radius 2 is 1.89 bits per heavy atom. The van der Waals surface area contributed by atoms with Crippen LogP contribution in [0.1, 0.15) is 5.56 Å². The van der Waals surface area contributed by atoms with Crippen LogP contribution in [0, 0.1) is 0 Å². The van der Waals surface area contributed by atoms with E-state index in [1.807, 2.05) is 42.7 Å². The zero-order chi connectivity index (χ0) is 18.8. The molecule has 1 N–H and O–H groups in total. The molecule has 0 amide bonds. The second kappa shape index (κ2) is 7.25. The van der Waals surface area contributed by atoms with Crippen LogP contribution in [-0.2, 0) is 6.54 Å². The maximum Gasteiger partial charge on any atom is 0.180 e. The Hall–Kier alpha value is -3.51. The molecular formula is C22H17N5S. The van der Waals surface area contributed by atoms with Gasteiger partial charge in [0.2, 0.25) is 0 Å². The molecule has 136 valence electrons. The van der Waals surface area contributed by atoms with Gasteiger partial charge >= 0.3 is 0 Å². The molecule has 4 heterocycles. The van der Waals surface area contributed by atoms with Crippen molar-refractivity contribution >= 4 is 22.8 Å². The van der Waals surface area contributed by atoms with Crippen molar-refractivity contribution in [3.05, 3.63) is 90.3 Å². The Morgan fingerprint density at radius 3 is 2.68 bits per heavy atom. The van der Waals surface area contributed by atoms with Gasteiger partial charge in [0, 0.05) is 30.7 Å². The van der Waals surface area contributed by atoms with Crippen molar-refractivity contribution in [3.8, 4) is 21.8 Å². The first-order valence-corrected chi connectivity index (χ1v) is 9.86. The predicted octanol–water partition coefficient (Wildman–Crippen LogP) is 5.13. The molecule has 4 aromatic heterocycles. The van der Waals surface area contributed by atoms with Crippen molar-refractivity contribution in [2.45, 2.75) is 6.54 Å². The van der Waals surface area contributed by atoms with E-state index in [1.54, 1.807) is 17.5 Å². The first-order valence-electron chi connectivity index (χ1n) is 8.99. The zero-order valence-corrected chi connectivity index (χ0v) is 15.8. The molecule has 28 heavy (non-hydrogen) atoms. The van der Waals surface area contributed by atoms with Crippen LogP contribution in [0.4, 0.5) is 5.82 Å². The van der Waals surface area contributed by atoms with Gasteiger partial charge in [0.05, 0.1) is 22.5 Å². The Morgan fingerprint density at radius 1 is 0.964 bits per heavy atom. The fraction of sp³-hybridized carbons (Fsp3) is 0.0455. The lowest BCUT2D eigenvalue weighted by molar-refractivity contribution is 1.06. The average molecular weight is 383 g/mol. The number of nitrogens with one attached hydrogen (secondary N) is 1. The SMILES string of the molecule is c1ccc(-c2cn3c(-c4cccs4)cnc3c(NCc3cccnc3)n2)cc1. The van der Waals surface area contributed by atoms with Crippen LogP contribution in [0.3, 0.4) is 0 Å². The zero-order valence-electron chi connectivity index (χ0n) is 15.0. The molecule has 0 aliphatic heterocycles. The number of rotatable bonds is 5. The van der Waals surface area contributed by atoms with Gasteiger partial charge in [-0.1, -0.05) is 42.5 Å². The summed E-state index contributed by atoms with van der Waals surface area (Å²) in [6.07, 6.45) is 7.60. The number of fused-ring (bicyclic) bond motifs is 1. The summed E-state index contributed by atoms with van der Waals surface area (Å²) in [4.78, 5) is 14.9. The summed E-state index contributed by atoms with van der Waals surface area (Å²) in [6, 6.07) is 18.3. The van der Waals surface area contributed by atoms with E-state index >= 15 is 0 Å². The summed E-state index contributed by atoms with van der Waals surface area (Å²) < 4.78 is 2.12. The van der Waals surface area contributed by atoms with Gasteiger partial charge in [-0.3, -0.25) is 9.38 Å². The van der Waals surface area contributed by atoms with Crippen LogP contribution in [-0.4, -0.2) is 19.4 Å². The van der Waals surface area contributed by atoms with Gasteiger partial charge in [0.15, 0.2) is 11.5 Å². The first kappa shape index (κ1) is 16.6. The minimum absolute atomic E-state index is 0.635. The standard InChI is InChI=1S/C22H17N5S/c1-2-7-17(8-3-1)18-15-27-19(20-9-5-11-28-20)14-25-22(27)21(26-18)24-13-16-6-4-10-23-12-16/h1-12,14-15H,13H2,(H,24,26). The maximum atomic E-state index is 4.87. The molecule has 0 fully saturated rings. The van der Waals surface area contributed by atoms with Gasteiger partial charge in [-0.05, 0) is 23.1 Å². The number of benzene rings is 1. The fourth-order valence-corrected chi connectivity index (χ4v) is 3.88. The van der Waals surface area contributed by atoms with Crippen LogP contribution in [0.25, 0.3) is 27.5 Å². The number of anilines is 1. The first-order chi connectivity index (χ1) is 13.9. The number of thiophene rings is 1. The molecule has 0 unspecified atom stereocenters. The molecule has 0 atom stereocenters. The summed E-state index contributed by atoms with van der Waals surface area (Å²) in [5.74, 6) is 0.757. The predicted molar refractivity (Wildman–Crippen MR) is 113 cm³/mol. The van der Waals surface area contributed by atoms with Gasteiger partial charge in [0.25, 0.3) is 0 Å². The number of nitrogens with zero attached hydrogens (tertiary/aromatic N) is 4. The van der Waals surface area contributed by atoms with E-state index < -0.39 is 0 Å². The molecule has 5 aromatic rings. The van der Waals surface area contributed by atoms with Crippen molar-refractivity contribution in [3.63, 3.8) is 0 Å². The van der Waals surface area contributed by atoms with Crippen molar-refractivity contribution in [1.29, 1.82) is 0 Å². The molecule has 6 heteroatoms. The lowest BCUT2D eigenvalue weighted by atomic mass is 10.1. The highest BCUT2D eigenvalue weighted by atomic mass is 32.1. The van der Waals surface area contributed by atoms with Crippen molar-refractivity contribution in [2.75, 3.05) is 5.32 Å². The van der Waals surface area contributed by atoms with E-state index in [-0.39, 0.29) is 0 Å². The third kappa shape index (κ3) is 3.14. The van der Waals surface area contributed by atoms with Crippen molar-refractivity contribution in [1.82, 2.24) is 19.4 Å². The highest BCUT2D eigenvalue weighted by Gasteiger charge is 2.14. The largest absolute Gasteiger partial charge is 0.363 e. The third-order valence-electron chi connectivity index (χ3n) is 4.52. The van der Waals surface area contributed by atoms with Crippen molar-refractivity contribution in [2.24, 2.45) is 0 Å². The van der Waals surface area contributed by atoms with Gasteiger partial charge in [-0.2, -0.15) is 0 Å². The van der Waals surface area contributed by atoms with E-state index in [0.717, 1.165) is 34.0 Å². The van der Waals surface area contributed by atoms with Gasteiger partial charge in [-0.15, -0.1) is 11.3 Å². The monoisotopic (exact) mass is 383 g/mol. The Labute approximate surface area is 166 Å². The van der Waals surface area contributed by atoms with Gasteiger partial charge in [-0.25, -0.2) is 9.97 Å². The fourth-order valence-electron chi connectivity index (χ4n) is 3.15. The number of hydrogen-bond acceptors (Lipinski definition) is 5. The second-order valence-electron chi connectivity index (χ2n) is 6.37. The summed E-state index contributed by atoms with van der Waals surface area (Å²) >= 11 is 1.70. The molecule has 0 saturated heterocycles. The van der Waals surface area contributed by atoms with E-state index in [2.05, 4.69) is 55.5 Å². The minimum atomic E-state index is 0.635. The van der Waals surface area contributed by atoms with Crippen LogP contribution in [0.2, 0.25) is 0 Å². The average Bonchev–Trinajstić information content (AvgIpc) is 3.43. The summed E-state index contributed by atoms with van der Waals surface area (Å²) in [6.45, 7) is 0.635. The topological polar surface area (TPSA) is 55.1 Å². The van der Waals surface area contributed by atoms with Gasteiger partial charge in [0.1, 0.15) is 0 Å². The highest BCUT2D eigenvalue weighted by Crippen LogP contribution is 2.30. The van der Waals surface area contributed by atoms with Gasteiger partial charge < -0.3 is 5.32 Å². The smallest absolute Gasteiger partial charge is 0.180 e. The molecular weight excluding hydrogens is 366 g/mol. The maximum absolute atomic E-state index is 4.87. The Bertz CT molecular complexity index is 1200. The van der Waals surface area contributed by atoms with Crippen LogP contribution in [0.5, 0.6) is 0 Å². The summed E-state index contributed by atoms with van der Waals surface area (Å²) in [5.41, 5.74) is 4.94. The minimum Gasteiger partial charge on any atom is -0.363 e. The molecule has 0 radical (unpaired) electrons. The van der Waals surface area contributed by atoms with E-state index in [1.165, 1.54) is 4.88 Å². The number of aromatic nitrogens is 4. The third-order valence-corrected chi connectivity index (χ3v) is 5.41. The molecule has 5 rings (SSSR count). The molecule has 0 bridgehead atoms. The normalized spacial score (nSPS) is 11.0. The number of hydrogen-bond donors (Lipinski definition) is 1. The van der Waals surface area contributed by atoms with Crippen LogP contribution >= 0.6 is 11.3 Å². The molecule has 0 saturated carbocycles. The molecule has 5 nitrogen and oxygen atoms in total. The molecule has 0 aliphatic rings. The molecule has 0 spiro atoms. The highest BCUT2D eigenvalue weighted by molar-refractivity contribution is 7.13. The van der Waals surface area contributed by atoms with E-state index in [4.69, 9.17) is 4.98 Å². The second-order valence-corrected chi connectivity index (χ2v) is 7.32. The summed E-state index contributed by atoms with van der Waals surface area (Å²) in [5, 5.41) is 5.52. The Balaban J connectivity index is 1.63. The van der Waals surface area contributed by atoms with E-state index in [0.29, 0.717) is 6.54 Å². The lowest BCUT2D eigenvalue weighted by Crippen LogP contribution is -2.05. The molecule has 1 aromatic carbocycles. The molecule has 0 aliphatic carbocycles. The van der Waals surface area contributed by atoms with Crippen LogP contribution < -0.4 is 5.32 Å². The number of imidazole rings is 1. The quantitative estimate of drug-likeness (QED) is 0.457.